The summed E-state index contributed by atoms with van der Waals surface area (Å²) in [4.78, 5) is 0. The van der Waals surface area contributed by atoms with Crippen LogP contribution < -0.4 is 10.1 Å². The fraction of sp³-hybridized carbons (Fsp3) is 0.368. The standard InChI is InChI=1S/C19H22FNO/c1-3-19(2)12-17(15-9-5-7-11-18(15)22-19)21-13-14-8-4-6-10-16(14)20/h4-11,17,21H,3,12-13H2,1-2H3. The Morgan fingerprint density at radius 3 is 2.68 bits per heavy atom. The number of ether oxygens (including phenoxy) is 1. The van der Waals surface area contributed by atoms with Gasteiger partial charge in [0, 0.05) is 30.1 Å². The highest BCUT2D eigenvalue weighted by Gasteiger charge is 2.35. The monoisotopic (exact) mass is 299 g/mol. The molecule has 3 rings (SSSR count). The second-order valence-electron chi connectivity index (χ2n) is 6.17. The molecule has 2 atom stereocenters. The molecule has 0 amide bonds. The lowest BCUT2D eigenvalue weighted by atomic mass is 9.86. The molecule has 2 aromatic rings. The van der Waals surface area contributed by atoms with Crippen LogP contribution in [0.1, 0.15) is 43.9 Å². The first-order chi connectivity index (χ1) is 10.6. The lowest BCUT2D eigenvalue weighted by Crippen LogP contribution is -2.41. The van der Waals surface area contributed by atoms with Gasteiger partial charge in [0.15, 0.2) is 0 Å². The topological polar surface area (TPSA) is 21.3 Å². The number of halogens is 1. The molecule has 0 fully saturated rings. The molecule has 0 radical (unpaired) electrons. The lowest BCUT2D eigenvalue weighted by molar-refractivity contribution is 0.0439. The molecule has 0 saturated heterocycles. The van der Waals surface area contributed by atoms with Crippen molar-refractivity contribution in [3.8, 4) is 5.75 Å². The van der Waals surface area contributed by atoms with Gasteiger partial charge < -0.3 is 10.1 Å². The highest BCUT2D eigenvalue weighted by atomic mass is 19.1. The van der Waals surface area contributed by atoms with Gasteiger partial charge in [-0.2, -0.15) is 0 Å². The summed E-state index contributed by atoms with van der Waals surface area (Å²) in [6.07, 6.45) is 1.83. The van der Waals surface area contributed by atoms with Crippen molar-refractivity contribution in [2.45, 2.75) is 44.9 Å². The molecule has 0 bridgehead atoms. The summed E-state index contributed by atoms with van der Waals surface area (Å²) in [5.41, 5.74) is 1.68. The molecule has 0 aromatic heterocycles. The lowest BCUT2D eigenvalue weighted by Gasteiger charge is -2.40. The average molecular weight is 299 g/mol. The van der Waals surface area contributed by atoms with Crippen LogP contribution in [-0.2, 0) is 6.54 Å². The van der Waals surface area contributed by atoms with E-state index in [9.17, 15) is 4.39 Å². The van der Waals surface area contributed by atoms with Gasteiger partial charge in [0.25, 0.3) is 0 Å². The minimum atomic E-state index is -0.179. The Hall–Kier alpha value is -1.87. The van der Waals surface area contributed by atoms with Crippen molar-refractivity contribution in [1.29, 1.82) is 0 Å². The van der Waals surface area contributed by atoms with Crippen molar-refractivity contribution in [1.82, 2.24) is 5.32 Å². The second kappa shape index (κ2) is 6.09. The second-order valence-corrected chi connectivity index (χ2v) is 6.17. The molecule has 1 heterocycles. The van der Waals surface area contributed by atoms with Gasteiger partial charge in [-0.3, -0.25) is 0 Å². The molecule has 116 valence electrons. The number of benzene rings is 2. The maximum absolute atomic E-state index is 13.8. The molecule has 0 saturated carbocycles. The zero-order valence-corrected chi connectivity index (χ0v) is 13.1. The fourth-order valence-corrected chi connectivity index (χ4v) is 2.98. The van der Waals surface area contributed by atoms with Crippen LogP contribution in [0.25, 0.3) is 0 Å². The average Bonchev–Trinajstić information content (AvgIpc) is 2.54. The van der Waals surface area contributed by atoms with Gasteiger partial charge in [0.05, 0.1) is 0 Å². The van der Waals surface area contributed by atoms with Crippen LogP contribution in [0.15, 0.2) is 48.5 Å². The van der Waals surface area contributed by atoms with Gasteiger partial charge in [0.1, 0.15) is 17.2 Å². The van der Waals surface area contributed by atoms with E-state index in [1.54, 1.807) is 6.07 Å². The van der Waals surface area contributed by atoms with Crippen LogP contribution in [0, 0.1) is 5.82 Å². The van der Waals surface area contributed by atoms with Crippen molar-refractivity contribution < 1.29 is 9.13 Å². The smallest absolute Gasteiger partial charge is 0.127 e. The van der Waals surface area contributed by atoms with E-state index in [1.807, 2.05) is 30.3 Å². The van der Waals surface area contributed by atoms with Crippen molar-refractivity contribution in [2.24, 2.45) is 0 Å². The minimum absolute atomic E-state index is 0.159. The molecule has 22 heavy (non-hydrogen) atoms. The predicted molar refractivity (Wildman–Crippen MR) is 86.4 cm³/mol. The zero-order valence-electron chi connectivity index (χ0n) is 13.1. The zero-order chi connectivity index (χ0) is 15.6. The molecule has 2 nitrogen and oxygen atoms in total. The molecule has 0 spiro atoms. The first-order valence-corrected chi connectivity index (χ1v) is 7.86. The van der Waals surface area contributed by atoms with Gasteiger partial charge in [-0.1, -0.05) is 43.3 Å². The molecule has 0 aliphatic carbocycles. The first-order valence-electron chi connectivity index (χ1n) is 7.86. The Morgan fingerprint density at radius 2 is 1.91 bits per heavy atom. The number of fused-ring (bicyclic) bond motifs is 1. The van der Waals surface area contributed by atoms with Crippen LogP contribution in [-0.4, -0.2) is 5.60 Å². The summed E-state index contributed by atoms with van der Waals surface area (Å²) in [6.45, 7) is 4.80. The summed E-state index contributed by atoms with van der Waals surface area (Å²) in [7, 11) is 0. The molecular formula is C19H22FNO. The molecule has 2 unspecified atom stereocenters. The van der Waals surface area contributed by atoms with Crippen LogP contribution in [0.3, 0.4) is 0 Å². The van der Waals surface area contributed by atoms with Gasteiger partial charge in [-0.25, -0.2) is 4.39 Å². The van der Waals surface area contributed by atoms with E-state index in [2.05, 4.69) is 25.2 Å². The quantitative estimate of drug-likeness (QED) is 0.890. The van der Waals surface area contributed by atoms with E-state index in [1.165, 1.54) is 6.07 Å². The van der Waals surface area contributed by atoms with E-state index < -0.39 is 0 Å². The third-order valence-corrected chi connectivity index (χ3v) is 4.53. The summed E-state index contributed by atoms with van der Waals surface area (Å²) >= 11 is 0. The maximum Gasteiger partial charge on any atom is 0.127 e. The molecule has 2 aromatic carbocycles. The van der Waals surface area contributed by atoms with Crippen molar-refractivity contribution in [2.75, 3.05) is 0 Å². The number of hydrogen-bond acceptors (Lipinski definition) is 2. The summed E-state index contributed by atoms with van der Waals surface area (Å²) < 4.78 is 20.0. The van der Waals surface area contributed by atoms with Gasteiger partial charge >= 0.3 is 0 Å². The van der Waals surface area contributed by atoms with Crippen molar-refractivity contribution >= 4 is 0 Å². The highest BCUT2D eigenvalue weighted by Crippen LogP contribution is 2.40. The highest BCUT2D eigenvalue weighted by molar-refractivity contribution is 5.39. The molecule has 3 heteroatoms. The van der Waals surface area contributed by atoms with Crippen LogP contribution in [0.5, 0.6) is 5.75 Å². The van der Waals surface area contributed by atoms with E-state index >= 15 is 0 Å². The molecular weight excluding hydrogens is 277 g/mol. The Morgan fingerprint density at radius 1 is 1.18 bits per heavy atom. The Labute approximate surface area is 131 Å². The number of nitrogens with one attached hydrogen (secondary N) is 1. The van der Waals surface area contributed by atoms with E-state index in [-0.39, 0.29) is 17.5 Å². The number of para-hydroxylation sites is 1. The van der Waals surface area contributed by atoms with E-state index in [4.69, 9.17) is 4.74 Å². The first kappa shape index (κ1) is 15.0. The summed E-state index contributed by atoms with van der Waals surface area (Å²) in [5.74, 6) is 0.776. The van der Waals surface area contributed by atoms with Crippen LogP contribution in [0.2, 0.25) is 0 Å². The van der Waals surface area contributed by atoms with Gasteiger partial charge in [-0.15, -0.1) is 0 Å². The third kappa shape index (κ3) is 3.00. The normalized spacial score (nSPS) is 23.7. The van der Waals surface area contributed by atoms with Crippen LogP contribution in [0.4, 0.5) is 4.39 Å². The number of hydrogen-bond donors (Lipinski definition) is 1. The third-order valence-electron chi connectivity index (χ3n) is 4.53. The largest absolute Gasteiger partial charge is 0.487 e. The van der Waals surface area contributed by atoms with E-state index in [0.717, 1.165) is 24.2 Å². The van der Waals surface area contributed by atoms with Gasteiger partial charge in [-0.05, 0) is 25.5 Å². The minimum Gasteiger partial charge on any atom is -0.487 e. The van der Waals surface area contributed by atoms with E-state index in [0.29, 0.717) is 12.1 Å². The van der Waals surface area contributed by atoms with Gasteiger partial charge in [0.2, 0.25) is 0 Å². The Bertz CT molecular complexity index is 657. The van der Waals surface area contributed by atoms with Crippen LogP contribution >= 0.6 is 0 Å². The number of rotatable bonds is 4. The summed E-state index contributed by atoms with van der Waals surface area (Å²) in [5, 5.41) is 3.50. The molecule has 1 N–H and O–H groups in total. The van der Waals surface area contributed by atoms with Crippen molar-refractivity contribution in [3.05, 3.63) is 65.5 Å². The SMILES string of the molecule is CCC1(C)CC(NCc2ccccc2F)c2ccccc2O1. The maximum atomic E-state index is 13.8. The molecule has 1 aliphatic rings. The fourth-order valence-electron chi connectivity index (χ4n) is 2.98. The molecule has 1 aliphatic heterocycles. The Kier molecular flexibility index (Phi) is 4.16. The van der Waals surface area contributed by atoms with Crippen molar-refractivity contribution in [3.63, 3.8) is 0 Å². The summed E-state index contributed by atoms with van der Waals surface area (Å²) in [6, 6.07) is 15.2. The Balaban J connectivity index is 1.82. The predicted octanol–water partition coefficient (Wildman–Crippen LogP) is 4.61.